The number of hydrogen-bond donors (Lipinski definition) is 1. The van der Waals surface area contributed by atoms with Crippen LogP contribution in [0.2, 0.25) is 0 Å². The van der Waals surface area contributed by atoms with Crippen molar-refractivity contribution in [1.82, 2.24) is 19.8 Å². The summed E-state index contributed by atoms with van der Waals surface area (Å²) >= 11 is 1.20. The van der Waals surface area contributed by atoms with Crippen molar-refractivity contribution >= 4 is 11.5 Å². The lowest BCUT2D eigenvalue weighted by Crippen LogP contribution is -2.11. The van der Waals surface area contributed by atoms with Gasteiger partial charge in [-0.25, -0.2) is 0 Å². The maximum absolute atomic E-state index is 6.06. The van der Waals surface area contributed by atoms with E-state index >= 15 is 0 Å². The lowest BCUT2D eigenvalue weighted by molar-refractivity contribution is 0.485. The fourth-order valence-corrected chi connectivity index (χ4v) is 1.96. The summed E-state index contributed by atoms with van der Waals surface area (Å²) in [4.78, 5) is 0.731. The van der Waals surface area contributed by atoms with Crippen molar-refractivity contribution in [3.8, 4) is 10.8 Å². The van der Waals surface area contributed by atoms with Crippen LogP contribution in [-0.4, -0.2) is 19.8 Å². The molecule has 2 N–H and O–H groups in total. The Balaban J connectivity index is 1.90. The molecule has 0 aliphatic rings. The number of hydrogen-bond acceptors (Lipinski definition) is 7. The highest BCUT2D eigenvalue weighted by Gasteiger charge is 2.17. The van der Waals surface area contributed by atoms with E-state index in [1.807, 2.05) is 30.3 Å². The molecule has 1 unspecified atom stereocenters. The predicted octanol–water partition coefficient (Wildman–Crippen LogP) is 1.64. The molecule has 18 heavy (non-hydrogen) atoms. The van der Waals surface area contributed by atoms with Crippen LogP contribution in [0.5, 0.6) is 0 Å². The summed E-state index contributed by atoms with van der Waals surface area (Å²) in [6.45, 7) is 0. The Morgan fingerprint density at radius 1 is 1.17 bits per heavy atom. The molecule has 6 nitrogen and oxygen atoms in total. The normalized spacial score (nSPS) is 12.5. The first-order chi connectivity index (χ1) is 8.84. The van der Waals surface area contributed by atoms with Crippen molar-refractivity contribution in [2.45, 2.75) is 6.04 Å². The van der Waals surface area contributed by atoms with Crippen molar-refractivity contribution in [1.29, 1.82) is 0 Å². The molecule has 0 saturated carbocycles. The minimum Gasteiger partial charge on any atom is -0.418 e. The summed E-state index contributed by atoms with van der Waals surface area (Å²) in [6.07, 6.45) is 1.58. The Morgan fingerprint density at radius 3 is 2.72 bits per heavy atom. The summed E-state index contributed by atoms with van der Waals surface area (Å²) in [5.41, 5.74) is 6.98. The third-order valence-corrected chi connectivity index (χ3v) is 3.09. The third kappa shape index (κ3) is 2.01. The molecule has 2 aromatic heterocycles. The molecule has 0 saturated heterocycles. The smallest absolute Gasteiger partial charge is 0.261 e. The van der Waals surface area contributed by atoms with Gasteiger partial charge in [0.25, 0.3) is 5.89 Å². The Morgan fingerprint density at radius 2 is 2.00 bits per heavy atom. The zero-order chi connectivity index (χ0) is 12.4. The van der Waals surface area contributed by atoms with Gasteiger partial charge in [0, 0.05) is 0 Å². The first-order valence-electron chi connectivity index (χ1n) is 5.26. The molecule has 3 aromatic rings. The quantitative estimate of drug-likeness (QED) is 0.768. The molecule has 2 heterocycles. The summed E-state index contributed by atoms with van der Waals surface area (Å²) in [5.74, 6) is 0.774. The molecule has 7 heteroatoms. The largest absolute Gasteiger partial charge is 0.418 e. The zero-order valence-corrected chi connectivity index (χ0v) is 10.0. The second-order valence-corrected chi connectivity index (χ2v) is 4.40. The van der Waals surface area contributed by atoms with Crippen molar-refractivity contribution in [3.05, 3.63) is 48.0 Å². The van der Waals surface area contributed by atoms with Crippen LogP contribution < -0.4 is 5.73 Å². The van der Waals surface area contributed by atoms with Crippen molar-refractivity contribution < 1.29 is 4.42 Å². The number of rotatable bonds is 3. The van der Waals surface area contributed by atoms with Gasteiger partial charge < -0.3 is 10.2 Å². The second-order valence-electron chi connectivity index (χ2n) is 3.62. The Bertz CT molecular complexity index is 622. The number of nitrogens with two attached hydrogens (primary N) is 1. The standard InChI is InChI=1S/C11H9N5OS/c12-9(7-4-2-1-3-5-7)11-15-14-10(17-11)8-6-13-16-18-8/h1-6,9H,12H2. The highest BCUT2D eigenvalue weighted by Crippen LogP contribution is 2.24. The van der Waals surface area contributed by atoms with E-state index in [4.69, 9.17) is 10.2 Å². The van der Waals surface area contributed by atoms with E-state index in [9.17, 15) is 0 Å². The molecule has 0 aliphatic carbocycles. The molecule has 0 amide bonds. The summed E-state index contributed by atoms with van der Waals surface area (Å²) in [7, 11) is 0. The molecular formula is C11H9N5OS. The van der Waals surface area contributed by atoms with Crippen molar-refractivity contribution in [2.24, 2.45) is 5.73 Å². The van der Waals surface area contributed by atoms with Gasteiger partial charge >= 0.3 is 0 Å². The average molecular weight is 259 g/mol. The average Bonchev–Trinajstić information content (AvgIpc) is 3.09. The minimum absolute atomic E-state index is 0.379. The van der Waals surface area contributed by atoms with Crippen LogP contribution in [0, 0.1) is 0 Å². The molecule has 0 aliphatic heterocycles. The van der Waals surface area contributed by atoms with E-state index in [1.54, 1.807) is 6.20 Å². The van der Waals surface area contributed by atoms with Gasteiger partial charge in [-0.2, -0.15) is 0 Å². The van der Waals surface area contributed by atoms with Crippen LogP contribution in [-0.2, 0) is 0 Å². The number of benzene rings is 1. The highest BCUT2D eigenvalue weighted by molar-refractivity contribution is 7.09. The van der Waals surface area contributed by atoms with Crippen molar-refractivity contribution in [3.63, 3.8) is 0 Å². The van der Waals surface area contributed by atoms with Gasteiger partial charge in [0.05, 0.1) is 6.20 Å². The molecule has 1 aromatic carbocycles. The van der Waals surface area contributed by atoms with Gasteiger partial charge in [-0.05, 0) is 17.1 Å². The Hall–Kier alpha value is -2.12. The molecule has 0 bridgehead atoms. The fourth-order valence-electron chi connectivity index (χ4n) is 1.52. The molecule has 90 valence electrons. The van der Waals surface area contributed by atoms with Crippen molar-refractivity contribution in [2.75, 3.05) is 0 Å². The zero-order valence-electron chi connectivity index (χ0n) is 9.22. The molecular weight excluding hydrogens is 250 g/mol. The van der Waals surface area contributed by atoms with Crippen LogP contribution in [0.25, 0.3) is 10.8 Å². The van der Waals surface area contributed by atoms with Gasteiger partial charge in [0.1, 0.15) is 10.9 Å². The number of nitrogens with zero attached hydrogens (tertiary/aromatic N) is 4. The topological polar surface area (TPSA) is 90.7 Å². The summed E-state index contributed by atoms with van der Waals surface area (Å²) < 4.78 is 9.27. The van der Waals surface area contributed by atoms with Gasteiger partial charge in [0.2, 0.25) is 5.89 Å². The van der Waals surface area contributed by atoms with Gasteiger partial charge in [0.15, 0.2) is 0 Å². The molecule has 0 fully saturated rings. The second kappa shape index (κ2) is 4.63. The Kier molecular flexibility index (Phi) is 2.83. The fraction of sp³-hybridized carbons (Fsp3) is 0.0909. The van der Waals surface area contributed by atoms with E-state index in [1.165, 1.54) is 11.5 Å². The maximum atomic E-state index is 6.06. The lowest BCUT2D eigenvalue weighted by atomic mass is 10.1. The first kappa shape index (κ1) is 11.0. The molecule has 1 atom stereocenters. The molecule has 0 spiro atoms. The van der Waals surface area contributed by atoms with E-state index in [-0.39, 0.29) is 0 Å². The minimum atomic E-state index is -0.423. The lowest BCUT2D eigenvalue weighted by Gasteiger charge is -2.05. The van der Waals surface area contributed by atoms with E-state index < -0.39 is 6.04 Å². The van der Waals surface area contributed by atoms with Gasteiger partial charge in [-0.15, -0.1) is 15.3 Å². The highest BCUT2D eigenvalue weighted by atomic mass is 32.1. The van der Waals surface area contributed by atoms with Crippen LogP contribution in [0.4, 0.5) is 0 Å². The van der Waals surface area contributed by atoms with E-state index in [0.29, 0.717) is 11.8 Å². The molecule has 0 radical (unpaired) electrons. The van der Waals surface area contributed by atoms with Gasteiger partial charge in [-0.1, -0.05) is 34.8 Å². The summed E-state index contributed by atoms with van der Waals surface area (Å²) in [6, 6.07) is 9.18. The summed E-state index contributed by atoms with van der Waals surface area (Å²) in [5, 5.41) is 11.6. The molecule has 3 rings (SSSR count). The third-order valence-electron chi connectivity index (χ3n) is 2.44. The van der Waals surface area contributed by atoms with Crippen LogP contribution >= 0.6 is 11.5 Å². The monoisotopic (exact) mass is 259 g/mol. The van der Waals surface area contributed by atoms with Crippen LogP contribution in [0.3, 0.4) is 0 Å². The number of aromatic nitrogens is 4. The van der Waals surface area contributed by atoms with Crippen LogP contribution in [0.15, 0.2) is 40.9 Å². The Labute approximate surface area is 107 Å². The van der Waals surface area contributed by atoms with Gasteiger partial charge in [-0.3, -0.25) is 0 Å². The van der Waals surface area contributed by atoms with E-state index in [0.717, 1.165) is 10.4 Å². The SMILES string of the molecule is NC(c1ccccc1)c1nnc(-c2cnns2)o1. The maximum Gasteiger partial charge on any atom is 0.261 e. The van der Waals surface area contributed by atoms with Crippen LogP contribution in [0.1, 0.15) is 17.5 Å². The van der Waals surface area contributed by atoms with E-state index in [2.05, 4.69) is 19.8 Å². The first-order valence-corrected chi connectivity index (χ1v) is 6.03. The predicted molar refractivity (Wildman–Crippen MR) is 65.7 cm³/mol.